The van der Waals surface area contributed by atoms with Crippen molar-refractivity contribution >= 4 is 29.3 Å². The van der Waals surface area contributed by atoms with Gasteiger partial charge in [0.25, 0.3) is 0 Å². The van der Waals surface area contributed by atoms with E-state index in [-0.39, 0.29) is 11.8 Å². The molecule has 0 amide bonds. The van der Waals surface area contributed by atoms with Crippen LogP contribution in [0.15, 0.2) is 57.5 Å². The number of nitrogens with one attached hydrogen (secondary N) is 1. The second kappa shape index (κ2) is 9.05. The number of hydrogen-bond donors (Lipinski definition) is 2. The summed E-state index contributed by atoms with van der Waals surface area (Å²) in [6.45, 7) is 0. The molecule has 0 aromatic carbocycles. The molecule has 3 rings (SSSR count). The van der Waals surface area contributed by atoms with Gasteiger partial charge in [-0.15, -0.1) is 16.4 Å². The SMILES string of the molecule is N\N=C(/N=C\C=C\Cc1ccc(-c2noc(C(F)(F)F)n2)s1)Nc1cnccn1. The molecule has 0 spiro atoms. The number of halogens is 3. The molecule has 0 saturated heterocycles. The molecule has 0 bridgehead atoms. The summed E-state index contributed by atoms with van der Waals surface area (Å²) in [5.74, 6) is 4.38. The van der Waals surface area contributed by atoms with Crippen LogP contribution in [0, 0.1) is 0 Å². The fourth-order valence-electron chi connectivity index (χ4n) is 1.98. The molecule has 150 valence electrons. The summed E-state index contributed by atoms with van der Waals surface area (Å²) in [4.78, 5) is 16.7. The minimum atomic E-state index is -4.67. The molecule has 0 saturated carbocycles. The number of hydrogen-bond acceptors (Lipinski definition) is 8. The standard InChI is InChI=1S/C16H13F3N8OS/c17-16(18,19)14-25-13(27-28-14)11-5-4-10(29-11)3-1-2-6-23-15(26-20)24-12-9-21-7-8-22-12/h1-2,4-9H,3,20H2,(H,22,24,26)/b2-1+,23-6-. The molecule has 0 fully saturated rings. The zero-order valence-corrected chi connectivity index (χ0v) is 15.4. The fourth-order valence-corrected chi connectivity index (χ4v) is 2.89. The van der Waals surface area contributed by atoms with E-state index in [2.05, 4.69) is 40.0 Å². The van der Waals surface area contributed by atoms with E-state index in [1.807, 2.05) is 6.08 Å². The van der Waals surface area contributed by atoms with Crippen molar-refractivity contribution in [1.82, 2.24) is 20.1 Å². The lowest BCUT2D eigenvalue weighted by Gasteiger charge is -2.01. The third kappa shape index (κ3) is 5.68. The predicted molar refractivity (Wildman–Crippen MR) is 101 cm³/mol. The van der Waals surface area contributed by atoms with Crippen LogP contribution in [-0.2, 0) is 12.6 Å². The molecule has 0 atom stereocenters. The Labute approximate surface area is 165 Å². The molecule has 0 radical (unpaired) electrons. The van der Waals surface area contributed by atoms with E-state index in [9.17, 15) is 13.2 Å². The highest BCUT2D eigenvalue weighted by molar-refractivity contribution is 7.15. The van der Waals surface area contributed by atoms with Crippen LogP contribution < -0.4 is 11.2 Å². The van der Waals surface area contributed by atoms with Gasteiger partial charge in [0, 0.05) is 29.9 Å². The molecule has 29 heavy (non-hydrogen) atoms. The molecule has 9 nitrogen and oxygen atoms in total. The molecule has 3 aromatic rings. The fraction of sp³-hybridized carbons (Fsp3) is 0.125. The van der Waals surface area contributed by atoms with Crippen molar-refractivity contribution < 1.29 is 17.7 Å². The van der Waals surface area contributed by atoms with Gasteiger partial charge in [-0.3, -0.25) is 4.98 Å². The minimum Gasteiger partial charge on any atom is -0.329 e. The second-order valence-corrected chi connectivity index (χ2v) is 6.43. The summed E-state index contributed by atoms with van der Waals surface area (Å²) >= 11 is 1.26. The molecule has 0 aliphatic heterocycles. The summed E-state index contributed by atoms with van der Waals surface area (Å²) in [6.07, 6.45) is 5.37. The number of hydrazone groups is 1. The van der Waals surface area contributed by atoms with Crippen LogP contribution in [0.1, 0.15) is 10.8 Å². The lowest BCUT2D eigenvalue weighted by Crippen LogP contribution is -2.12. The molecule has 13 heteroatoms. The summed E-state index contributed by atoms with van der Waals surface area (Å²) < 4.78 is 41.8. The maximum Gasteiger partial charge on any atom is 0.471 e. The average molecular weight is 422 g/mol. The molecule has 3 N–H and O–H groups in total. The lowest BCUT2D eigenvalue weighted by molar-refractivity contribution is -0.159. The van der Waals surface area contributed by atoms with Crippen molar-refractivity contribution in [2.24, 2.45) is 15.9 Å². The van der Waals surface area contributed by atoms with Gasteiger partial charge < -0.3 is 15.7 Å². The third-order valence-corrected chi connectivity index (χ3v) is 4.32. The number of aliphatic imine (C=N–C) groups is 1. The number of guanidine groups is 1. The first kappa shape index (κ1) is 20.1. The van der Waals surface area contributed by atoms with E-state index in [0.717, 1.165) is 4.88 Å². The first-order valence-electron chi connectivity index (χ1n) is 7.96. The average Bonchev–Trinajstić information content (AvgIpc) is 3.37. The summed E-state index contributed by atoms with van der Waals surface area (Å²) in [6, 6.07) is 3.41. The Balaban J connectivity index is 1.54. The first-order valence-corrected chi connectivity index (χ1v) is 8.77. The van der Waals surface area contributed by atoms with Gasteiger partial charge >= 0.3 is 12.1 Å². The Kier molecular flexibility index (Phi) is 6.29. The number of nitrogens with two attached hydrogens (primary N) is 1. The first-order chi connectivity index (χ1) is 14.0. The van der Waals surface area contributed by atoms with Crippen molar-refractivity contribution in [2.75, 3.05) is 5.32 Å². The molecular formula is C16H13F3N8OS. The van der Waals surface area contributed by atoms with Gasteiger partial charge in [0.1, 0.15) is 0 Å². The number of allylic oxidation sites excluding steroid dienone is 2. The number of aromatic nitrogens is 4. The normalized spacial score (nSPS) is 12.9. The molecular weight excluding hydrogens is 409 g/mol. The number of thiophene rings is 1. The molecule has 3 heterocycles. The van der Waals surface area contributed by atoms with Crippen molar-refractivity contribution in [3.05, 3.63) is 53.6 Å². The van der Waals surface area contributed by atoms with Gasteiger partial charge in [-0.05, 0) is 18.2 Å². The Morgan fingerprint density at radius 1 is 1.31 bits per heavy atom. The maximum absolute atomic E-state index is 12.5. The summed E-state index contributed by atoms with van der Waals surface area (Å²) in [7, 11) is 0. The van der Waals surface area contributed by atoms with Gasteiger partial charge in [0.2, 0.25) is 11.8 Å². The highest BCUT2D eigenvalue weighted by Crippen LogP contribution is 2.31. The van der Waals surface area contributed by atoms with Gasteiger partial charge in [0.05, 0.1) is 11.1 Å². The van der Waals surface area contributed by atoms with E-state index in [1.165, 1.54) is 36.1 Å². The Bertz CT molecular complexity index is 1030. The van der Waals surface area contributed by atoms with E-state index in [1.54, 1.807) is 18.2 Å². The summed E-state index contributed by atoms with van der Waals surface area (Å²) in [5, 5.41) is 9.65. The summed E-state index contributed by atoms with van der Waals surface area (Å²) in [5.41, 5.74) is 0. The van der Waals surface area contributed by atoms with Crippen LogP contribution in [0.5, 0.6) is 0 Å². The topological polar surface area (TPSA) is 127 Å². The number of anilines is 1. The van der Waals surface area contributed by atoms with Crippen LogP contribution in [0.25, 0.3) is 10.7 Å². The van der Waals surface area contributed by atoms with Gasteiger partial charge in [-0.25, -0.2) is 9.98 Å². The predicted octanol–water partition coefficient (Wildman–Crippen LogP) is 3.12. The van der Waals surface area contributed by atoms with E-state index >= 15 is 0 Å². The van der Waals surface area contributed by atoms with Gasteiger partial charge in [-0.1, -0.05) is 11.2 Å². The Hall–Kier alpha value is -3.61. The van der Waals surface area contributed by atoms with Crippen molar-refractivity contribution in [1.29, 1.82) is 0 Å². The van der Waals surface area contributed by atoms with Crippen LogP contribution in [0.3, 0.4) is 0 Å². The number of alkyl halides is 3. The second-order valence-electron chi connectivity index (χ2n) is 5.27. The highest BCUT2D eigenvalue weighted by Gasteiger charge is 2.38. The molecule has 3 aromatic heterocycles. The van der Waals surface area contributed by atoms with E-state index in [4.69, 9.17) is 5.84 Å². The van der Waals surface area contributed by atoms with Gasteiger partial charge in [-0.2, -0.15) is 18.2 Å². The zero-order valence-electron chi connectivity index (χ0n) is 14.5. The van der Waals surface area contributed by atoms with Gasteiger partial charge in [0.15, 0.2) is 5.82 Å². The monoisotopic (exact) mass is 422 g/mol. The Morgan fingerprint density at radius 3 is 2.86 bits per heavy atom. The largest absolute Gasteiger partial charge is 0.471 e. The van der Waals surface area contributed by atoms with Crippen LogP contribution >= 0.6 is 11.3 Å². The van der Waals surface area contributed by atoms with E-state index < -0.39 is 12.1 Å². The lowest BCUT2D eigenvalue weighted by atomic mass is 10.3. The number of rotatable bonds is 5. The van der Waals surface area contributed by atoms with Crippen molar-refractivity contribution in [3.8, 4) is 10.7 Å². The zero-order chi connectivity index (χ0) is 20.7. The van der Waals surface area contributed by atoms with E-state index in [0.29, 0.717) is 17.1 Å². The maximum atomic E-state index is 12.5. The minimum absolute atomic E-state index is 0.0991. The highest BCUT2D eigenvalue weighted by atomic mass is 32.1. The van der Waals surface area contributed by atoms with Crippen LogP contribution in [-0.4, -0.2) is 32.3 Å². The molecule has 0 unspecified atom stereocenters. The smallest absolute Gasteiger partial charge is 0.329 e. The van der Waals surface area contributed by atoms with Crippen molar-refractivity contribution in [2.45, 2.75) is 12.6 Å². The number of nitrogens with zero attached hydrogens (tertiary/aromatic N) is 6. The molecule has 0 aliphatic rings. The van der Waals surface area contributed by atoms with Crippen LogP contribution in [0.4, 0.5) is 19.0 Å². The van der Waals surface area contributed by atoms with Crippen molar-refractivity contribution in [3.63, 3.8) is 0 Å². The quantitative estimate of drug-likeness (QED) is 0.280. The van der Waals surface area contributed by atoms with Crippen LogP contribution in [0.2, 0.25) is 0 Å². The third-order valence-electron chi connectivity index (χ3n) is 3.21. The molecule has 0 aliphatic carbocycles. The Morgan fingerprint density at radius 2 is 2.17 bits per heavy atom.